The first-order chi connectivity index (χ1) is 17.0. The Morgan fingerprint density at radius 1 is 1.08 bits per heavy atom. The van der Waals surface area contributed by atoms with Crippen molar-refractivity contribution >= 4 is 27.5 Å². The predicted octanol–water partition coefficient (Wildman–Crippen LogP) is 1.73. The number of benzene rings is 2. The van der Waals surface area contributed by atoms with Crippen molar-refractivity contribution in [2.45, 2.75) is 50.3 Å². The lowest BCUT2D eigenvalue weighted by Gasteiger charge is -2.48. The van der Waals surface area contributed by atoms with Gasteiger partial charge >= 0.3 is 0 Å². The number of anilines is 1. The maximum Gasteiger partial charge on any atom is 0.251 e. The van der Waals surface area contributed by atoms with E-state index < -0.39 is 15.6 Å². The van der Waals surface area contributed by atoms with Gasteiger partial charge in [-0.1, -0.05) is 29.8 Å². The molecule has 4 rings (SSSR count). The second kappa shape index (κ2) is 10.6. The van der Waals surface area contributed by atoms with E-state index >= 15 is 0 Å². The molecule has 0 atom stereocenters. The summed E-state index contributed by atoms with van der Waals surface area (Å²) in [6.07, 6.45) is 3.89. The van der Waals surface area contributed by atoms with Crippen molar-refractivity contribution in [1.29, 1.82) is 0 Å². The number of aryl methyl sites for hydroxylation is 1. The smallest absolute Gasteiger partial charge is 0.251 e. The largest absolute Gasteiger partial charge is 0.385 e. The molecule has 0 radical (unpaired) electrons. The van der Waals surface area contributed by atoms with E-state index in [0.717, 1.165) is 43.3 Å². The molecule has 0 spiro atoms. The first-order valence-electron chi connectivity index (χ1n) is 12.2. The molecule has 2 amide bonds. The van der Waals surface area contributed by atoms with E-state index in [9.17, 15) is 23.1 Å². The zero-order valence-corrected chi connectivity index (χ0v) is 21.5. The third kappa shape index (κ3) is 6.63. The van der Waals surface area contributed by atoms with Crippen LogP contribution in [-0.4, -0.2) is 68.2 Å². The highest BCUT2D eigenvalue weighted by atomic mass is 32.2. The van der Waals surface area contributed by atoms with Gasteiger partial charge in [-0.3, -0.25) is 19.2 Å². The topological polar surface area (TPSA) is 128 Å². The molecule has 10 heteroatoms. The van der Waals surface area contributed by atoms with Gasteiger partial charge in [-0.25, -0.2) is 8.42 Å². The minimum absolute atomic E-state index is 0.0490. The molecule has 1 saturated carbocycles. The van der Waals surface area contributed by atoms with Crippen molar-refractivity contribution in [2.24, 2.45) is 0 Å². The summed E-state index contributed by atoms with van der Waals surface area (Å²) in [7, 11) is -3.39. The minimum Gasteiger partial charge on any atom is -0.385 e. The molecule has 0 bridgehead atoms. The van der Waals surface area contributed by atoms with Gasteiger partial charge in [0.2, 0.25) is 15.9 Å². The molecule has 9 nitrogen and oxygen atoms in total. The van der Waals surface area contributed by atoms with Crippen molar-refractivity contribution in [2.75, 3.05) is 30.6 Å². The Kier molecular flexibility index (Phi) is 7.67. The van der Waals surface area contributed by atoms with E-state index in [-0.39, 0.29) is 24.4 Å². The molecular formula is C26H34N4O5S. The second-order valence-corrected chi connectivity index (χ2v) is 11.7. The summed E-state index contributed by atoms with van der Waals surface area (Å²) in [5.41, 5.74) is 1.70. The van der Waals surface area contributed by atoms with Gasteiger partial charge in [-0.2, -0.15) is 0 Å². The zero-order valence-electron chi connectivity index (χ0n) is 20.7. The van der Waals surface area contributed by atoms with Gasteiger partial charge in [-0.15, -0.1) is 0 Å². The number of nitrogens with zero attached hydrogens (tertiary/aromatic N) is 1. The van der Waals surface area contributed by atoms with Crippen LogP contribution in [0.2, 0.25) is 0 Å². The Morgan fingerprint density at radius 3 is 2.44 bits per heavy atom. The lowest BCUT2D eigenvalue weighted by Crippen LogP contribution is -2.63. The van der Waals surface area contributed by atoms with Gasteiger partial charge in [-0.05, 0) is 62.4 Å². The van der Waals surface area contributed by atoms with Crippen LogP contribution in [0.1, 0.15) is 47.2 Å². The van der Waals surface area contributed by atoms with Gasteiger partial charge in [0.05, 0.1) is 24.4 Å². The number of carbonyl (C=O) groups excluding carboxylic acids is 2. The summed E-state index contributed by atoms with van der Waals surface area (Å²) in [6.45, 7) is 3.34. The first-order valence-corrected chi connectivity index (χ1v) is 14.1. The van der Waals surface area contributed by atoms with Crippen LogP contribution >= 0.6 is 0 Å². The molecule has 0 unspecified atom stereocenters. The second-order valence-electron chi connectivity index (χ2n) is 9.99. The van der Waals surface area contributed by atoms with Crippen LogP contribution in [0.3, 0.4) is 0 Å². The fraction of sp³-hybridized carbons (Fsp3) is 0.462. The molecule has 1 saturated heterocycles. The molecule has 194 valence electrons. The number of rotatable bonds is 8. The maximum absolute atomic E-state index is 12.3. The lowest BCUT2D eigenvalue weighted by atomic mass is 9.76. The zero-order chi connectivity index (χ0) is 25.9. The van der Waals surface area contributed by atoms with Crippen LogP contribution in [0.5, 0.6) is 0 Å². The molecular weight excluding hydrogens is 480 g/mol. The van der Waals surface area contributed by atoms with Gasteiger partial charge in [0.25, 0.3) is 5.91 Å². The highest BCUT2D eigenvalue weighted by Gasteiger charge is 2.40. The van der Waals surface area contributed by atoms with Crippen LogP contribution < -0.4 is 15.4 Å². The molecule has 4 N–H and O–H groups in total. The Morgan fingerprint density at radius 2 is 1.78 bits per heavy atom. The maximum atomic E-state index is 12.3. The number of likely N-dealkylation sites (tertiary alicyclic amines) is 1. The predicted molar refractivity (Wildman–Crippen MR) is 138 cm³/mol. The van der Waals surface area contributed by atoms with Gasteiger partial charge < -0.3 is 15.7 Å². The Hall–Kier alpha value is -2.95. The third-order valence-corrected chi connectivity index (χ3v) is 7.57. The van der Waals surface area contributed by atoms with Crippen molar-refractivity contribution in [3.05, 3.63) is 65.2 Å². The highest BCUT2D eigenvalue weighted by Crippen LogP contribution is 2.40. The fourth-order valence-corrected chi connectivity index (χ4v) is 5.61. The highest BCUT2D eigenvalue weighted by molar-refractivity contribution is 7.92. The summed E-state index contributed by atoms with van der Waals surface area (Å²) in [6, 6.07) is 14.6. The number of nitrogens with one attached hydrogen (secondary N) is 3. The molecule has 2 aromatic carbocycles. The van der Waals surface area contributed by atoms with Crippen LogP contribution in [0.15, 0.2) is 48.5 Å². The molecule has 2 fully saturated rings. The molecule has 2 aliphatic rings. The van der Waals surface area contributed by atoms with E-state index in [1.54, 1.807) is 30.3 Å². The molecule has 36 heavy (non-hydrogen) atoms. The Labute approximate surface area is 212 Å². The number of hydrogen-bond donors (Lipinski definition) is 4. The number of aliphatic hydroxyl groups is 1. The number of carbonyl (C=O) groups is 2. The number of sulfonamides is 1. The van der Waals surface area contributed by atoms with Crippen molar-refractivity contribution < 1.29 is 23.1 Å². The monoisotopic (exact) mass is 514 g/mol. The van der Waals surface area contributed by atoms with E-state index in [0.29, 0.717) is 30.1 Å². The summed E-state index contributed by atoms with van der Waals surface area (Å²) in [5.74, 6) is -0.474. The normalized spacial score (nSPS) is 22.9. The molecule has 2 aromatic rings. The van der Waals surface area contributed by atoms with Crippen LogP contribution in [0, 0.1) is 6.92 Å². The average Bonchev–Trinajstić information content (AvgIpc) is 2.79. The first kappa shape index (κ1) is 26.1. The summed E-state index contributed by atoms with van der Waals surface area (Å²) in [4.78, 5) is 26.8. The van der Waals surface area contributed by atoms with E-state index in [2.05, 4.69) is 20.3 Å². The number of hydrogen-bond acceptors (Lipinski definition) is 6. The van der Waals surface area contributed by atoms with Crippen molar-refractivity contribution in [3.8, 4) is 0 Å². The van der Waals surface area contributed by atoms with Crippen LogP contribution in [0.25, 0.3) is 0 Å². The van der Waals surface area contributed by atoms with Crippen molar-refractivity contribution in [1.82, 2.24) is 15.5 Å². The molecule has 1 aliphatic heterocycles. The summed E-state index contributed by atoms with van der Waals surface area (Å²) in [5, 5.41) is 16.9. The average molecular weight is 515 g/mol. The number of amides is 2. The van der Waals surface area contributed by atoms with Crippen LogP contribution in [0.4, 0.5) is 5.69 Å². The quantitative estimate of drug-likeness (QED) is 0.425. The molecule has 0 aromatic heterocycles. The standard InChI is InChI=1S/C26H34N4O5S/c1-18-5-3-6-19(13-18)25(32)27-15-24(31)28-22-16-30(17-22)23-9-11-26(33,12-10-23)20-7-4-8-21(14-20)29-36(2,34)35/h3-8,13-14,22-23,29,33H,9-12,15-17H2,1-2H3,(H,27,32)(H,28,31). The van der Waals surface area contributed by atoms with Gasteiger partial charge in [0.15, 0.2) is 0 Å². The Balaban J connectivity index is 1.20. The van der Waals surface area contributed by atoms with Gasteiger partial charge in [0.1, 0.15) is 0 Å². The van der Waals surface area contributed by atoms with Crippen LogP contribution in [-0.2, 0) is 20.4 Å². The summed E-state index contributed by atoms with van der Waals surface area (Å²) < 4.78 is 25.5. The molecule has 1 aliphatic carbocycles. The molecule has 1 heterocycles. The summed E-state index contributed by atoms with van der Waals surface area (Å²) >= 11 is 0. The lowest BCUT2D eigenvalue weighted by molar-refractivity contribution is -0.122. The van der Waals surface area contributed by atoms with Gasteiger partial charge in [0, 0.05) is 30.4 Å². The van der Waals surface area contributed by atoms with E-state index in [4.69, 9.17) is 0 Å². The fourth-order valence-electron chi connectivity index (χ4n) is 5.05. The minimum atomic E-state index is -3.39. The SMILES string of the molecule is Cc1cccc(C(=O)NCC(=O)NC2CN(C3CCC(O)(c4cccc(NS(C)(=O)=O)c4)CC3)C2)c1. The van der Waals surface area contributed by atoms with Crippen molar-refractivity contribution in [3.63, 3.8) is 0 Å². The van der Waals surface area contributed by atoms with E-state index in [1.165, 1.54) is 0 Å². The van der Waals surface area contributed by atoms with E-state index in [1.807, 2.05) is 25.1 Å². The third-order valence-electron chi connectivity index (χ3n) is 6.97. The Bertz CT molecular complexity index is 1220.